The number of rotatable bonds is 3. The number of halogens is 3. The Labute approximate surface area is 161 Å². The van der Waals surface area contributed by atoms with E-state index in [1.807, 2.05) is 0 Å². The Morgan fingerprint density at radius 1 is 1.04 bits per heavy atom. The van der Waals surface area contributed by atoms with Crippen molar-refractivity contribution in [3.63, 3.8) is 0 Å². The monoisotopic (exact) mass is 394 g/mol. The van der Waals surface area contributed by atoms with Gasteiger partial charge < -0.3 is 4.90 Å². The summed E-state index contributed by atoms with van der Waals surface area (Å²) < 4.78 is 41.7. The van der Waals surface area contributed by atoms with E-state index in [9.17, 15) is 18.0 Å². The zero-order valence-corrected chi connectivity index (χ0v) is 15.8. The van der Waals surface area contributed by atoms with Crippen LogP contribution in [0.25, 0.3) is 5.65 Å². The van der Waals surface area contributed by atoms with Gasteiger partial charge in [0, 0.05) is 24.8 Å². The van der Waals surface area contributed by atoms with E-state index in [0.29, 0.717) is 31.1 Å². The molecule has 2 aromatic rings. The van der Waals surface area contributed by atoms with Crippen LogP contribution < -0.4 is 0 Å². The van der Waals surface area contributed by atoms with Crippen LogP contribution in [0.3, 0.4) is 0 Å². The Hall–Kier alpha value is -2.12. The molecule has 28 heavy (non-hydrogen) atoms. The molecule has 3 heterocycles. The third kappa shape index (κ3) is 4.00. The maximum Gasteiger partial charge on any atom is 0.433 e. The van der Waals surface area contributed by atoms with Crippen LogP contribution in [-0.4, -0.2) is 38.5 Å². The van der Waals surface area contributed by atoms with Crippen LogP contribution in [0.15, 0.2) is 12.1 Å². The van der Waals surface area contributed by atoms with E-state index in [2.05, 4.69) is 10.1 Å². The Morgan fingerprint density at radius 2 is 1.71 bits per heavy atom. The van der Waals surface area contributed by atoms with Crippen molar-refractivity contribution in [2.45, 2.75) is 64.0 Å². The predicted molar refractivity (Wildman–Crippen MR) is 98.0 cm³/mol. The Balaban J connectivity index is 1.69. The molecule has 2 aromatic heterocycles. The van der Waals surface area contributed by atoms with Crippen LogP contribution >= 0.6 is 0 Å². The lowest BCUT2D eigenvalue weighted by molar-refractivity contribution is -0.142. The summed E-state index contributed by atoms with van der Waals surface area (Å²) in [4.78, 5) is 18.9. The molecule has 4 rings (SSSR count). The van der Waals surface area contributed by atoms with Crippen molar-refractivity contribution in [1.29, 1.82) is 0 Å². The number of hydrogen-bond acceptors (Lipinski definition) is 3. The molecule has 5 nitrogen and oxygen atoms in total. The number of alkyl halides is 3. The molecule has 1 aliphatic heterocycles. The van der Waals surface area contributed by atoms with Gasteiger partial charge in [0.25, 0.3) is 5.91 Å². The molecule has 0 unspecified atom stereocenters. The van der Waals surface area contributed by atoms with Gasteiger partial charge in [0.05, 0.1) is 0 Å². The maximum absolute atomic E-state index is 13.6. The Morgan fingerprint density at radius 3 is 2.36 bits per heavy atom. The van der Waals surface area contributed by atoms with Gasteiger partial charge in [-0.15, -0.1) is 0 Å². The molecule has 2 aliphatic rings. The van der Waals surface area contributed by atoms with Crippen LogP contribution in [0.5, 0.6) is 0 Å². The second-order valence-corrected chi connectivity index (χ2v) is 7.99. The van der Waals surface area contributed by atoms with Crippen molar-refractivity contribution < 1.29 is 18.0 Å². The lowest BCUT2D eigenvalue weighted by Gasteiger charge is -2.18. The number of amides is 1. The van der Waals surface area contributed by atoms with Gasteiger partial charge in [-0.25, -0.2) is 9.50 Å². The molecule has 0 radical (unpaired) electrons. The van der Waals surface area contributed by atoms with E-state index < -0.39 is 11.9 Å². The van der Waals surface area contributed by atoms with Gasteiger partial charge in [-0.05, 0) is 31.2 Å². The number of aromatic nitrogens is 3. The molecule has 2 fully saturated rings. The third-order valence-electron chi connectivity index (χ3n) is 5.86. The molecule has 1 aliphatic carbocycles. The summed E-state index contributed by atoms with van der Waals surface area (Å²) in [6, 6.07) is 2.50. The Kier molecular flexibility index (Phi) is 5.29. The molecule has 1 amide bonds. The minimum absolute atomic E-state index is 0.0397. The first kappa shape index (κ1) is 19.2. The minimum atomic E-state index is -4.56. The molecule has 0 atom stereocenters. The quantitative estimate of drug-likeness (QED) is 0.770. The minimum Gasteiger partial charge on any atom is -0.337 e. The summed E-state index contributed by atoms with van der Waals surface area (Å²) in [7, 11) is 0. The molecule has 0 N–H and O–H groups in total. The first-order valence-corrected chi connectivity index (χ1v) is 10.2. The topological polar surface area (TPSA) is 50.5 Å². The molecular formula is C20H25F3N4O. The van der Waals surface area contributed by atoms with Gasteiger partial charge in [0.15, 0.2) is 11.3 Å². The van der Waals surface area contributed by atoms with Gasteiger partial charge >= 0.3 is 6.18 Å². The van der Waals surface area contributed by atoms with Crippen LogP contribution in [-0.2, 0) is 12.6 Å². The van der Waals surface area contributed by atoms with Crippen LogP contribution in [0.4, 0.5) is 13.2 Å². The number of fused-ring (bicyclic) bond motifs is 1. The number of likely N-dealkylation sites (tertiary alicyclic amines) is 1. The van der Waals surface area contributed by atoms with Crippen molar-refractivity contribution in [1.82, 2.24) is 19.5 Å². The number of carbonyl (C=O) groups excluding carboxylic acids is 1. The third-order valence-corrected chi connectivity index (χ3v) is 5.86. The van der Waals surface area contributed by atoms with Crippen LogP contribution in [0.1, 0.15) is 73.2 Å². The number of carbonyl (C=O) groups is 1. The van der Waals surface area contributed by atoms with Crippen LogP contribution in [0, 0.1) is 5.92 Å². The lowest BCUT2D eigenvalue weighted by atomic mass is 10.0. The van der Waals surface area contributed by atoms with Gasteiger partial charge in [0.2, 0.25) is 0 Å². The summed E-state index contributed by atoms with van der Waals surface area (Å²) in [5, 5.41) is 4.00. The summed E-state index contributed by atoms with van der Waals surface area (Å²) in [5.41, 5.74) is -0.292. The number of hydrogen-bond donors (Lipinski definition) is 0. The molecule has 152 valence electrons. The predicted octanol–water partition coefficient (Wildman–Crippen LogP) is 4.50. The van der Waals surface area contributed by atoms with Gasteiger partial charge in [-0.1, -0.05) is 38.5 Å². The summed E-state index contributed by atoms with van der Waals surface area (Å²) in [6.45, 7) is 1.25. The van der Waals surface area contributed by atoms with Crippen molar-refractivity contribution in [2.75, 3.05) is 13.1 Å². The zero-order chi connectivity index (χ0) is 19.7. The van der Waals surface area contributed by atoms with E-state index in [0.717, 1.165) is 61.9 Å². The van der Waals surface area contributed by atoms with Gasteiger partial charge in [-0.2, -0.15) is 18.3 Å². The van der Waals surface area contributed by atoms with Crippen LogP contribution in [0.2, 0.25) is 0 Å². The number of nitrogens with zero attached hydrogens (tertiary/aromatic N) is 4. The molecule has 1 saturated heterocycles. The smallest absolute Gasteiger partial charge is 0.337 e. The molecule has 0 bridgehead atoms. The van der Waals surface area contributed by atoms with E-state index in [1.54, 1.807) is 4.90 Å². The fourth-order valence-corrected chi connectivity index (χ4v) is 4.38. The molecule has 8 heteroatoms. The average Bonchev–Trinajstić information content (AvgIpc) is 3.22. The summed E-state index contributed by atoms with van der Waals surface area (Å²) in [5.74, 6) is 0.0787. The maximum atomic E-state index is 13.6. The van der Waals surface area contributed by atoms with Crippen molar-refractivity contribution in [3.8, 4) is 0 Å². The Bertz CT molecular complexity index is 847. The standard InChI is InChI=1S/C20H25F3N4O/c21-20(22,23)17-12-15(11-14-7-3-4-8-14)24-18-13-16(25-27(17)18)19(28)26-9-5-1-2-6-10-26/h12-14H,1-11H2. The fraction of sp³-hybridized carbons (Fsp3) is 0.650. The highest BCUT2D eigenvalue weighted by atomic mass is 19.4. The molecular weight excluding hydrogens is 369 g/mol. The molecule has 0 spiro atoms. The molecule has 0 aromatic carbocycles. The summed E-state index contributed by atoms with van der Waals surface area (Å²) >= 11 is 0. The molecule has 1 saturated carbocycles. The van der Waals surface area contributed by atoms with Crippen molar-refractivity contribution in [3.05, 3.63) is 29.2 Å². The fourth-order valence-electron chi connectivity index (χ4n) is 4.38. The first-order valence-electron chi connectivity index (χ1n) is 10.2. The highest BCUT2D eigenvalue weighted by Gasteiger charge is 2.36. The van der Waals surface area contributed by atoms with E-state index >= 15 is 0 Å². The van der Waals surface area contributed by atoms with E-state index in [-0.39, 0.29) is 17.2 Å². The summed E-state index contributed by atoms with van der Waals surface area (Å²) in [6.07, 6.45) is 4.27. The van der Waals surface area contributed by atoms with Crippen molar-refractivity contribution in [2.24, 2.45) is 5.92 Å². The van der Waals surface area contributed by atoms with Crippen molar-refractivity contribution >= 4 is 11.6 Å². The second kappa shape index (κ2) is 7.72. The average molecular weight is 394 g/mol. The second-order valence-electron chi connectivity index (χ2n) is 7.99. The normalized spacial score (nSPS) is 19.3. The highest BCUT2D eigenvalue weighted by Crippen LogP contribution is 2.32. The highest BCUT2D eigenvalue weighted by molar-refractivity contribution is 5.93. The van der Waals surface area contributed by atoms with Gasteiger partial charge in [-0.3, -0.25) is 4.79 Å². The zero-order valence-electron chi connectivity index (χ0n) is 15.8. The SMILES string of the molecule is O=C(c1cc2nc(CC3CCCC3)cc(C(F)(F)F)n2n1)N1CCCCCC1. The van der Waals surface area contributed by atoms with Gasteiger partial charge in [0.1, 0.15) is 5.69 Å². The van der Waals surface area contributed by atoms with E-state index in [1.165, 1.54) is 6.07 Å². The first-order chi connectivity index (χ1) is 13.4. The lowest BCUT2D eigenvalue weighted by Crippen LogP contribution is -2.32. The van der Waals surface area contributed by atoms with E-state index in [4.69, 9.17) is 0 Å². The largest absolute Gasteiger partial charge is 0.433 e.